The van der Waals surface area contributed by atoms with E-state index in [4.69, 9.17) is 20.9 Å². The second-order valence-corrected chi connectivity index (χ2v) is 8.03. The number of carbonyl (C=O) groups is 1. The number of nitrogens with one attached hydrogen (secondary N) is 1. The van der Waals surface area contributed by atoms with Gasteiger partial charge in [0, 0.05) is 31.7 Å². The van der Waals surface area contributed by atoms with Gasteiger partial charge in [-0.15, -0.1) is 0 Å². The van der Waals surface area contributed by atoms with Crippen molar-refractivity contribution >= 4 is 17.5 Å². The standard InChI is InChI=1S/C24H26ClN3O3/c1-17-22(23(27-31-17)19-10-5-6-11-20(19)25)24(29)26-12-7-13-28-14-15-30-21(16-28)18-8-3-2-4-9-18/h2-6,8-11,21H,7,12-16H2,1H3,(H,26,29)/t21-/m0/s1. The molecule has 0 bridgehead atoms. The summed E-state index contributed by atoms with van der Waals surface area (Å²) in [6.45, 7) is 5.68. The molecule has 1 amide bonds. The number of ether oxygens (including phenoxy) is 1. The molecule has 1 saturated heterocycles. The Kier molecular flexibility index (Phi) is 7.02. The summed E-state index contributed by atoms with van der Waals surface area (Å²) >= 11 is 6.28. The van der Waals surface area contributed by atoms with E-state index in [0.717, 1.165) is 26.1 Å². The molecule has 4 rings (SSSR count). The fourth-order valence-corrected chi connectivity index (χ4v) is 4.07. The molecule has 1 aromatic heterocycles. The molecule has 1 atom stereocenters. The van der Waals surface area contributed by atoms with Gasteiger partial charge in [-0.2, -0.15) is 0 Å². The molecule has 31 heavy (non-hydrogen) atoms. The van der Waals surface area contributed by atoms with E-state index >= 15 is 0 Å². The minimum atomic E-state index is -0.196. The molecule has 1 N–H and O–H groups in total. The van der Waals surface area contributed by atoms with E-state index in [-0.39, 0.29) is 12.0 Å². The molecule has 0 unspecified atom stereocenters. The number of carbonyl (C=O) groups excluding carboxylic acids is 1. The number of morpholine rings is 1. The molecule has 0 spiro atoms. The third-order valence-corrected chi connectivity index (χ3v) is 5.81. The quantitative estimate of drug-likeness (QED) is 0.549. The van der Waals surface area contributed by atoms with Crippen molar-refractivity contribution in [1.82, 2.24) is 15.4 Å². The van der Waals surface area contributed by atoms with Gasteiger partial charge in [-0.1, -0.05) is 65.3 Å². The summed E-state index contributed by atoms with van der Waals surface area (Å²) in [5, 5.41) is 7.59. The monoisotopic (exact) mass is 439 g/mol. The van der Waals surface area contributed by atoms with Gasteiger partial charge in [0.25, 0.3) is 5.91 Å². The largest absolute Gasteiger partial charge is 0.371 e. The fourth-order valence-electron chi connectivity index (χ4n) is 3.84. The van der Waals surface area contributed by atoms with Gasteiger partial charge >= 0.3 is 0 Å². The first kappa shape index (κ1) is 21.6. The van der Waals surface area contributed by atoms with E-state index in [1.54, 1.807) is 13.0 Å². The number of hydrogen-bond donors (Lipinski definition) is 1. The van der Waals surface area contributed by atoms with Gasteiger partial charge in [-0.25, -0.2) is 0 Å². The van der Waals surface area contributed by atoms with E-state index in [1.807, 2.05) is 36.4 Å². The molecule has 2 aromatic carbocycles. The van der Waals surface area contributed by atoms with Crippen LogP contribution in [0.2, 0.25) is 5.02 Å². The Morgan fingerprint density at radius 3 is 2.77 bits per heavy atom. The van der Waals surface area contributed by atoms with E-state index in [9.17, 15) is 4.79 Å². The lowest BCUT2D eigenvalue weighted by atomic mass is 10.1. The van der Waals surface area contributed by atoms with E-state index in [0.29, 0.717) is 40.8 Å². The van der Waals surface area contributed by atoms with Gasteiger partial charge in [-0.05, 0) is 25.0 Å². The van der Waals surface area contributed by atoms with Crippen LogP contribution in [0.4, 0.5) is 0 Å². The Labute approximate surface area is 187 Å². The topological polar surface area (TPSA) is 67.6 Å². The molecule has 0 radical (unpaired) electrons. The van der Waals surface area contributed by atoms with Crippen molar-refractivity contribution in [1.29, 1.82) is 0 Å². The second kappa shape index (κ2) is 10.1. The molecule has 1 aliphatic heterocycles. The van der Waals surface area contributed by atoms with E-state index < -0.39 is 0 Å². The van der Waals surface area contributed by atoms with Crippen LogP contribution in [-0.2, 0) is 4.74 Å². The van der Waals surface area contributed by atoms with Crippen molar-refractivity contribution in [2.24, 2.45) is 0 Å². The number of hydrogen-bond acceptors (Lipinski definition) is 5. The molecule has 0 aliphatic carbocycles. The molecule has 2 heterocycles. The Hall–Kier alpha value is -2.67. The fraction of sp³-hybridized carbons (Fsp3) is 0.333. The number of aromatic nitrogens is 1. The van der Waals surface area contributed by atoms with Crippen molar-refractivity contribution in [2.45, 2.75) is 19.4 Å². The second-order valence-electron chi connectivity index (χ2n) is 7.62. The van der Waals surface area contributed by atoms with Crippen LogP contribution in [-0.4, -0.2) is 48.7 Å². The predicted octanol–water partition coefficient (Wildman–Crippen LogP) is 4.50. The van der Waals surface area contributed by atoms with Crippen molar-refractivity contribution in [3.8, 4) is 11.3 Å². The number of nitrogens with zero attached hydrogens (tertiary/aromatic N) is 2. The highest BCUT2D eigenvalue weighted by molar-refractivity contribution is 6.33. The Balaban J connectivity index is 1.30. The van der Waals surface area contributed by atoms with Gasteiger partial charge in [-0.3, -0.25) is 9.69 Å². The summed E-state index contributed by atoms with van der Waals surface area (Å²) in [6.07, 6.45) is 0.946. The van der Waals surface area contributed by atoms with Crippen molar-refractivity contribution in [3.63, 3.8) is 0 Å². The summed E-state index contributed by atoms with van der Waals surface area (Å²) < 4.78 is 11.2. The highest BCUT2D eigenvalue weighted by Gasteiger charge is 2.24. The molecule has 3 aromatic rings. The van der Waals surface area contributed by atoms with Crippen LogP contribution >= 0.6 is 11.6 Å². The summed E-state index contributed by atoms with van der Waals surface area (Å²) in [7, 11) is 0. The molecule has 162 valence electrons. The lowest BCUT2D eigenvalue weighted by Crippen LogP contribution is -2.39. The maximum Gasteiger partial charge on any atom is 0.257 e. The van der Waals surface area contributed by atoms with Crippen LogP contribution in [0.3, 0.4) is 0 Å². The zero-order valence-electron chi connectivity index (χ0n) is 17.5. The van der Waals surface area contributed by atoms with Gasteiger partial charge in [0.15, 0.2) is 0 Å². The average molecular weight is 440 g/mol. The van der Waals surface area contributed by atoms with Crippen LogP contribution in [0.25, 0.3) is 11.3 Å². The van der Waals surface area contributed by atoms with Gasteiger partial charge < -0.3 is 14.6 Å². The van der Waals surface area contributed by atoms with Crippen molar-refractivity contribution in [2.75, 3.05) is 32.8 Å². The van der Waals surface area contributed by atoms with Gasteiger partial charge in [0.1, 0.15) is 17.0 Å². The average Bonchev–Trinajstić information content (AvgIpc) is 3.19. The highest BCUT2D eigenvalue weighted by atomic mass is 35.5. The van der Waals surface area contributed by atoms with Crippen LogP contribution in [0.1, 0.15) is 34.2 Å². The Morgan fingerprint density at radius 1 is 1.19 bits per heavy atom. The highest BCUT2D eigenvalue weighted by Crippen LogP contribution is 2.31. The molecular formula is C24H26ClN3O3. The summed E-state index contributed by atoms with van der Waals surface area (Å²) in [5.41, 5.74) is 2.80. The maximum absolute atomic E-state index is 12.8. The first-order valence-corrected chi connectivity index (χ1v) is 10.9. The SMILES string of the molecule is Cc1onc(-c2ccccc2Cl)c1C(=O)NCCCN1CCO[C@H](c2ccccc2)C1. The number of halogens is 1. The molecule has 1 fully saturated rings. The molecule has 0 saturated carbocycles. The number of rotatable bonds is 7. The first-order chi connectivity index (χ1) is 15.1. The molecular weight excluding hydrogens is 414 g/mol. The third-order valence-electron chi connectivity index (χ3n) is 5.48. The zero-order chi connectivity index (χ0) is 21.6. The summed E-state index contributed by atoms with van der Waals surface area (Å²) in [6, 6.07) is 17.6. The van der Waals surface area contributed by atoms with Gasteiger partial charge in [0.05, 0.1) is 17.7 Å². The summed E-state index contributed by atoms with van der Waals surface area (Å²) in [4.78, 5) is 15.2. The smallest absolute Gasteiger partial charge is 0.257 e. The molecule has 6 nitrogen and oxygen atoms in total. The first-order valence-electron chi connectivity index (χ1n) is 10.5. The van der Waals surface area contributed by atoms with Crippen LogP contribution in [0.15, 0.2) is 59.1 Å². The predicted molar refractivity (Wildman–Crippen MR) is 120 cm³/mol. The molecule has 1 aliphatic rings. The normalized spacial score (nSPS) is 16.9. The molecule has 7 heteroatoms. The number of aryl methyl sites for hydroxylation is 1. The van der Waals surface area contributed by atoms with E-state index in [2.05, 4.69) is 27.5 Å². The maximum atomic E-state index is 12.8. The summed E-state index contributed by atoms with van der Waals surface area (Å²) in [5.74, 6) is 0.282. The van der Waals surface area contributed by atoms with Crippen molar-refractivity contribution in [3.05, 3.63) is 76.5 Å². The van der Waals surface area contributed by atoms with Gasteiger partial charge in [0.2, 0.25) is 0 Å². The zero-order valence-corrected chi connectivity index (χ0v) is 18.3. The van der Waals surface area contributed by atoms with E-state index in [1.165, 1.54) is 5.56 Å². The minimum Gasteiger partial charge on any atom is -0.371 e. The van der Waals surface area contributed by atoms with Crippen LogP contribution < -0.4 is 5.32 Å². The lowest BCUT2D eigenvalue weighted by Gasteiger charge is -2.33. The third kappa shape index (κ3) is 5.15. The Morgan fingerprint density at radius 2 is 1.97 bits per heavy atom. The Bertz CT molecular complexity index is 1020. The number of benzene rings is 2. The van der Waals surface area contributed by atoms with Crippen LogP contribution in [0, 0.1) is 6.92 Å². The minimum absolute atomic E-state index is 0.0994. The van der Waals surface area contributed by atoms with Crippen molar-refractivity contribution < 1.29 is 14.1 Å². The number of amides is 1. The van der Waals surface area contributed by atoms with Crippen LogP contribution in [0.5, 0.6) is 0 Å². The lowest BCUT2D eigenvalue weighted by molar-refractivity contribution is -0.0301.